The molecular weight excluding hydrogens is 264 g/mol. The summed E-state index contributed by atoms with van der Waals surface area (Å²) in [7, 11) is 0. The van der Waals surface area contributed by atoms with Gasteiger partial charge in [0.2, 0.25) is 5.91 Å². The second-order valence-electron chi connectivity index (χ2n) is 5.76. The van der Waals surface area contributed by atoms with E-state index in [1.165, 1.54) is 12.8 Å². The van der Waals surface area contributed by atoms with E-state index in [2.05, 4.69) is 18.3 Å². The number of nitriles is 1. The molecule has 0 radical (unpaired) electrons. The first-order valence-electron chi connectivity index (χ1n) is 7.59. The summed E-state index contributed by atoms with van der Waals surface area (Å²) in [6.07, 6.45) is 5.38. The minimum atomic E-state index is -0.0750. The van der Waals surface area contributed by atoms with Crippen LogP contribution in [0.4, 0.5) is 5.69 Å². The molecule has 112 valence electrons. The molecule has 1 fully saturated rings. The summed E-state index contributed by atoms with van der Waals surface area (Å²) in [6.45, 7) is 2.71. The van der Waals surface area contributed by atoms with Crippen molar-refractivity contribution in [1.29, 1.82) is 5.26 Å². The minimum Gasteiger partial charge on any atom is -0.378 e. The molecule has 0 saturated heterocycles. The average Bonchev–Trinajstić information content (AvgIpc) is 2.47. The van der Waals surface area contributed by atoms with Crippen molar-refractivity contribution >= 4 is 11.6 Å². The van der Waals surface area contributed by atoms with Crippen LogP contribution in [-0.4, -0.2) is 18.6 Å². The fourth-order valence-corrected chi connectivity index (χ4v) is 2.74. The molecule has 2 rings (SSSR count). The summed E-state index contributed by atoms with van der Waals surface area (Å²) in [5.74, 6) is 0.653. The summed E-state index contributed by atoms with van der Waals surface area (Å²) in [5, 5.41) is 11.6. The van der Waals surface area contributed by atoms with E-state index >= 15 is 0 Å². The fourth-order valence-electron chi connectivity index (χ4n) is 2.74. The standard InChI is InChI=1S/C17H22N2O2/c1-13-4-2-7-16(10-13)21-9-8-17(20)19-15-6-3-5-14(11-15)12-18/h3,5-6,11,13,16H,2,4,7-10H2,1H3,(H,19,20). The first-order chi connectivity index (χ1) is 10.2. The summed E-state index contributed by atoms with van der Waals surface area (Å²) < 4.78 is 5.79. The topological polar surface area (TPSA) is 62.1 Å². The summed E-state index contributed by atoms with van der Waals surface area (Å²) in [5.41, 5.74) is 1.20. The minimum absolute atomic E-state index is 0.0750. The first kappa shape index (κ1) is 15.5. The third kappa shape index (κ3) is 5.20. The van der Waals surface area contributed by atoms with Gasteiger partial charge in [-0.2, -0.15) is 5.26 Å². The number of hydrogen-bond acceptors (Lipinski definition) is 3. The summed E-state index contributed by atoms with van der Waals surface area (Å²) in [6, 6.07) is 8.97. The highest BCUT2D eigenvalue weighted by Crippen LogP contribution is 2.25. The highest BCUT2D eigenvalue weighted by molar-refractivity contribution is 5.90. The largest absolute Gasteiger partial charge is 0.378 e. The molecule has 1 aliphatic rings. The van der Waals surface area contributed by atoms with E-state index in [1.54, 1.807) is 24.3 Å². The van der Waals surface area contributed by atoms with Crippen molar-refractivity contribution in [3.05, 3.63) is 29.8 Å². The molecule has 0 aromatic heterocycles. The van der Waals surface area contributed by atoms with E-state index in [1.807, 2.05) is 0 Å². The van der Waals surface area contributed by atoms with Gasteiger partial charge in [-0.15, -0.1) is 0 Å². The van der Waals surface area contributed by atoms with E-state index in [4.69, 9.17) is 10.00 Å². The second kappa shape index (κ2) is 7.80. The Kier molecular flexibility index (Phi) is 5.77. The van der Waals surface area contributed by atoms with Crippen LogP contribution in [-0.2, 0) is 9.53 Å². The van der Waals surface area contributed by atoms with Crippen LogP contribution in [0.25, 0.3) is 0 Å². The Morgan fingerprint density at radius 1 is 1.48 bits per heavy atom. The van der Waals surface area contributed by atoms with Crippen molar-refractivity contribution in [2.24, 2.45) is 5.92 Å². The molecule has 1 aromatic carbocycles. The van der Waals surface area contributed by atoms with Gasteiger partial charge in [-0.3, -0.25) is 4.79 Å². The third-order valence-corrected chi connectivity index (χ3v) is 3.85. The van der Waals surface area contributed by atoms with E-state index in [-0.39, 0.29) is 5.91 Å². The Morgan fingerprint density at radius 2 is 2.33 bits per heavy atom. The lowest BCUT2D eigenvalue weighted by molar-refractivity contribution is -0.117. The number of rotatable bonds is 5. The molecule has 1 amide bonds. The molecule has 4 heteroatoms. The van der Waals surface area contributed by atoms with Crippen LogP contribution in [0.3, 0.4) is 0 Å². The molecule has 1 N–H and O–H groups in total. The molecule has 0 aliphatic heterocycles. The summed E-state index contributed by atoms with van der Waals surface area (Å²) in [4.78, 5) is 11.8. The van der Waals surface area contributed by atoms with Gasteiger partial charge in [-0.1, -0.05) is 25.8 Å². The molecule has 1 saturated carbocycles. The molecule has 4 nitrogen and oxygen atoms in total. The highest BCUT2D eigenvalue weighted by atomic mass is 16.5. The predicted octanol–water partition coefficient (Wildman–Crippen LogP) is 3.48. The van der Waals surface area contributed by atoms with Crippen LogP contribution >= 0.6 is 0 Å². The van der Waals surface area contributed by atoms with Gasteiger partial charge in [-0.05, 0) is 37.0 Å². The number of nitrogens with one attached hydrogen (secondary N) is 1. The third-order valence-electron chi connectivity index (χ3n) is 3.85. The molecule has 21 heavy (non-hydrogen) atoms. The molecule has 1 aliphatic carbocycles. The Morgan fingerprint density at radius 3 is 3.10 bits per heavy atom. The highest BCUT2D eigenvalue weighted by Gasteiger charge is 2.19. The Balaban J connectivity index is 1.71. The molecule has 1 aromatic rings. The number of hydrogen-bond donors (Lipinski definition) is 1. The SMILES string of the molecule is CC1CCCC(OCCC(=O)Nc2cccc(C#N)c2)C1. The molecule has 2 unspecified atom stereocenters. The van der Waals surface area contributed by atoms with Crippen molar-refractivity contribution in [3.8, 4) is 6.07 Å². The van der Waals surface area contributed by atoms with Gasteiger partial charge >= 0.3 is 0 Å². The van der Waals surface area contributed by atoms with Crippen LogP contribution < -0.4 is 5.32 Å². The van der Waals surface area contributed by atoms with Crippen LogP contribution in [0.2, 0.25) is 0 Å². The van der Waals surface area contributed by atoms with Crippen molar-refractivity contribution in [2.75, 3.05) is 11.9 Å². The zero-order valence-electron chi connectivity index (χ0n) is 12.5. The average molecular weight is 286 g/mol. The van der Waals surface area contributed by atoms with E-state index < -0.39 is 0 Å². The van der Waals surface area contributed by atoms with Gasteiger partial charge in [-0.25, -0.2) is 0 Å². The van der Waals surface area contributed by atoms with Crippen LogP contribution in [0.5, 0.6) is 0 Å². The molecule has 0 bridgehead atoms. The van der Waals surface area contributed by atoms with Gasteiger partial charge in [0, 0.05) is 5.69 Å². The number of amides is 1. The maximum atomic E-state index is 11.8. The fraction of sp³-hybridized carbons (Fsp3) is 0.529. The maximum absolute atomic E-state index is 11.8. The smallest absolute Gasteiger partial charge is 0.226 e. The lowest BCUT2D eigenvalue weighted by Gasteiger charge is -2.26. The van der Waals surface area contributed by atoms with Crippen molar-refractivity contribution in [1.82, 2.24) is 0 Å². The summed E-state index contributed by atoms with van der Waals surface area (Å²) >= 11 is 0. The lowest BCUT2D eigenvalue weighted by atomic mass is 9.89. The normalized spacial score (nSPS) is 21.5. The van der Waals surface area contributed by atoms with Gasteiger partial charge in [0.15, 0.2) is 0 Å². The second-order valence-corrected chi connectivity index (χ2v) is 5.76. The van der Waals surface area contributed by atoms with Crippen molar-refractivity contribution in [3.63, 3.8) is 0 Å². The number of ether oxygens (including phenoxy) is 1. The first-order valence-corrected chi connectivity index (χ1v) is 7.59. The van der Waals surface area contributed by atoms with E-state index in [0.717, 1.165) is 18.8 Å². The monoisotopic (exact) mass is 286 g/mol. The van der Waals surface area contributed by atoms with E-state index in [0.29, 0.717) is 30.4 Å². The number of benzene rings is 1. The zero-order chi connectivity index (χ0) is 15.1. The maximum Gasteiger partial charge on any atom is 0.226 e. The lowest BCUT2D eigenvalue weighted by Crippen LogP contribution is -2.23. The zero-order valence-corrected chi connectivity index (χ0v) is 12.5. The number of anilines is 1. The van der Waals surface area contributed by atoms with Gasteiger partial charge in [0.25, 0.3) is 0 Å². The Labute approximate surface area is 126 Å². The number of carbonyl (C=O) groups is 1. The van der Waals surface area contributed by atoms with Gasteiger partial charge in [0.05, 0.1) is 30.8 Å². The predicted molar refractivity (Wildman–Crippen MR) is 81.8 cm³/mol. The van der Waals surface area contributed by atoms with Gasteiger partial charge < -0.3 is 10.1 Å². The van der Waals surface area contributed by atoms with Crippen molar-refractivity contribution in [2.45, 2.75) is 45.1 Å². The quantitative estimate of drug-likeness (QED) is 0.901. The Hall–Kier alpha value is -1.86. The molecule has 0 spiro atoms. The van der Waals surface area contributed by atoms with Crippen LogP contribution in [0, 0.1) is 17.2 Å². The van der Waals surface area contributed by atoms with Crippen LogP contribution in [0.1, 0.15) is 44.6 Å². The van der Waals surface area contributed by atoms with Gasteiger partial charge in [0.1, 0.15) is 0 Å². The van der Waals surface area contributed by atoms with Crippen LogP contribution in [0.15, 0.2) is 24.3 Å². The van der Waals surface area contributed by atoms with E-state index in [9.17, 15) is 4.79 Å². The molecular formula is C17H22N2O2. The molecule has 2 atom stereocenters. The van der Waals surface area contributed by atoms with Crippen molar-refractivity contribution < 1.29 is 9.53 Å². The molecule has 0 heterocycles. The number of carbonyl (C=O) groups excluding carboxylic acids is 1. The number of nitrogens with zero attached hydrogens (tertiary/aromatic N) is 1. The Bertz CT molecular complexity index is 522.